The van der Waals surface area contributed by atoms with Gasteiger partial charge in [0, 0.05) is 13.0 Å². The maximum Gasteiger partial charge on any atom is 0.306 e. The molecule has 1 aliphatic rings. The van der Waals surface area contributed by atoms with E-state index in [4.69, 9.17) is 18.9 Å². The van der Waals surface area contributed by atoms with E-state index >= 15 is 0 Å². The molecule has 0 spiro atoms. The Balaban J connectivity index is 2.19. The van der Waals surface area contributed by atoms with Crippen LogP contribution in [-0.4, -0.2) is 89.6 Å². The second-order valence-corrected chi connectivity index (χ2v) is 18.0. The zero-order valence-corrected chi connectivity index (χ0v) is 40.6. The molecule has 4 N–H and O–H groups in total. The Morgan fingerprint density at radius 1 is 0.508 bits per heavy atom. The SMILES string of the molecule is CCCCCC/C=C\C/C=C\CCCCCCCC(=O)OC(COCCCCCCCCCCCCCC/C=C\C/C=C\CCCCCCC)COC1OC(CO)C(O)C(O)C1O. The lowest BCUT2D eigenvalue weighted by molar-refractivity contribution is -0.305. The standard InChI is InChI=1S/C54H98O9/c1-3-5-7-9-11-13-15-17-19-21-22-23-24-25-26-27-28-30-32-34-36-38-40-42-44-60-46-48(47-61-54-53(59)52(58)51(57)49(45-55)63-54)62-50(56)43-41-39-37-35-33-31-29-20-18-16-14-12-10-8-6-4-2/h14-17,20-22,29,48-49,51-55,57-59H,3-13,18-19,23-28,30-47H2,1-2H3/b16-14-,17-15-,22-21-,29-20-. The summed E-state index contributed by atoms with van der Waals surface area (Å²) in [7, 11) is 0. The average molecular weight is 891 g/mol. The zero-order valence-electron chi connectivity index (χ0n) is 40.6. The van der Waals surface area contributed by atoms with E-state index in [1.807, 2.05) is 0 Å². The molecule has 0 aliphatic carbocycles. The Morgan fingerprint density at radius 2 is 0.921 bits per heavy atom. The Bertz CT molecular complexity index is 1100. The minimum atomic E-state index is -1.54. The number of carbonyl (C=O) groups is 1. The molecule has 0 bridgehead atoms. The van der Waals surface area contributed by atoms with Crippen molar-refractivity contribution in [3.05, 3.63) is 48.6 Å². The van der Waals surface area contributed by atoms with E-state index in [2.05, 4.69) is 62.5 Å². The lowest BCUT2D eigenvalue weighted by Gasteiger charge is -2.39. The summed E-state index contributed by atoms with van der Waals surface area (Å²) in [5.41, 5.74) is 0. The third kappa shape index (κ3) is 36.0. The number of aliphatic hydroxyl groups is 4. The first-order chi connectivity index (χ1) is 30.9. The van der Waals surface area contributed by atoms with Crippen molar-refractivity contribution >= 4 is 5.97 Å². The quantitative estimate of drug-likeness (QED) is 0.0268. The van der Waals surface area contributed by atoms with Crippen molar-refractivity contribution in [1.82, 2.24) is 0 Å². The maximum atomic E-state index is 12.8. The smallest absolute Gasteiger partial charge is 0.306 e. The number of aliphatic hydroxyl groups excluding tert-OH is 4. The van der Waals surface area contributed by atoms with Gasteiger partial charge < -0.3 is 39.4 Å². The summed E-state index contributed by atoms with van der Waals surface area (Å²) in [5.74, 6) is -0.326. The maximum absolute atomic E-state index is 12.8. The first kappa shape index (κ1) is 59.2. The van der Waals surface area contributed by atoms with Gasteiger partial charge in [-0.1, -0.05) is 191 Å². The number of ether oxygens (including phenoxy) is 4. The zero-order chi connectivity index (χ0) is 45.7. The highest BCUT2D eigenvalue weighted by molar-refractivity contribution is 5.69. The molecule has 0 saturated carbocycles. The third-order valence-corrected chi connectivity index (χ3v) is 12.0. The van der Waals surface area contributed by atoms with Crippen LogP contribution in [0.3, 0.4) is 0 Å². The van der Waals surface area contributed by atoms with Crippen LogP contribution in [0.5, 0.6) is 0 Å². The van der Waals surface area contributed by atoms with Gasteiger partial charge in [0.1, 0.15) is 30.5 Å². The minimum Gasteiger partial charge on any atom is -0.457 e. The summed E-state index contributed by atoms with van der Waals surface area (Å²) in [4.78, 5) is 12.8. The van der Waals surface area contributed by atoms with E-state index in [0.717, 1.165) is 64.2 Å². The van der Waals surface area contributed by atoms with Crippen LogP contribution >= 0.6 is 0 Å². The number of unbranched alkanes of at least 4 members (excludes halogenated alkanes) is 26. The lowest BCUT2D eigenvalue weighted by atomic mass is 9.99. The van der Waals surface area contributed by atoms with Gasteiger partial charge >= 0.3 is 5.97 Å². The van der Waals surface area contributed by atoms with Crippen molar-refractivity contribution in [2.75, 3.05) is 26.4 Å². The van der Waals surface area contributed by atoms with E-state index in [1.165, 1.54) is 141 Å². The fourth-order valence-electron chi connectivity index (χ4n) is 7.85. The number of hydrogen-bond acceptors (Lipinski definition) is 9. The van der Waals surface area contributed by atoms with Crippen LogP contribution < -0.4 is 0 Å². The topological polar surface area (TPSA) is 135 Å². The number of hydrogen-bond donors (Lipinski definition) is 4. The van der Waals surface area contributed by atoms with Gasteiger partial charge in [-0.15, -0.1) is 0 Å². The van der Waals surface area contributed by atoms with Crippen molar-refractivity contribution < 1.29 is 44.2 Å². The van der Waals surface area contributed by atoms with Crippen LogP contribution in [0.4, 0.5) is 0 Å². The summed E-state index contributed by atoms with van der Waals surface area (Å²) >= 11 is 0. The summed E-state index contributed by atoms with van der Waals surface area (Å²) < 4.78 is 22.9. The van der Waals surface area contributed by atoms with Gasteiger partial charge in [0.15, 0.2) is 6.29 Å². The number of esters is 1. The van der Waals surface area contributed by atoms with Gasteiger partial charge in [0.25, 0.3) is 0 Å². The highest BCUT2D eigenvalue weighted by Crippen LogP contribution is 2.23. The molecular formula is C54H98O9. The van der Waals surface area contributed by atoms with Gasteiger partial charge in [-0.3, -0.25) is 4.79 Å². The van der Waals surface area contributed by atoms with Gasteiger partial charge in [-0.05, 0) is 77.0 Å². The summed E-state index contributed by atoms with van der Waals surface area (Å²) in [6, 6.07) is 0. The lowest BCUT2D eigenvalue weighted by Crippen LogP contribution is -2.59. The molecular weight excluding hydrogens is 793 g/mol. The molecule has 0 aromatic carbocycles. The summed E-state index contributed by atoms with van der Waals surface area (Å²) in [6.45, 7) is 4.53. The molecule has 1 fully saturated rings. The highest BCUT2D eigenvalue weighted by atomic mass is 16.7. The number of carbonyl (C=O) groups excluding carboxylic acids is 1. The van der Waals surface area contributed by atoms with Gasteiger partial charge in [0.05, 0.1) is 19.8 Å². The van der Waals surface area contributed by atoms with Crippen molar-refractivity contribution in [1.29, 1.82) is 0 Å². The number of rotatable bonds is 45. The molecule has 1 heterocycles. The van der Waals surface area contributed by atoms with E-state index in [0.29, 0.717) is 13.0 Å². The Hall–Kier alpha value is -1.85. The fraction of sp³-hybridized carbons (Fsp3) is 0.833. The van der Waals surface area contributed by atoms with Crippen LogP contribution in [-0.2, 0) is 23.7 Å². The van der Waals surface area contributed by atoms with Crippen LogP contribution in [0.25, 0.3) is 0 Å². The molecule has 368 valence electrons. The summed E-state index contributed by atoms with van der Waals surface area (Å²) in [5, 5.41) is 40.2. The molecule has 6 atom stereocenters. The van der Waals surface area contributed by atoms with Crippen LogP contribution in [0.1, 0.15) is 226 Å². The Kier molecular flexibility index (Phi) is 42.6. The highest BCUT2D eigenvalue weighted by Gasteiger charge is 2.44. The molecule has 1 rings (SSSR count). The molecule has 1 saturated heterocycles. The number of allylic oxidation sites excluding steroid dienone is 8. The predicted octanol–water partition coefficient (Wildman–Crippen LogP) is 12.9. The van der Waals surface area contributed by atoms with E-state index in [-0.39, 0.29) is 19.2 Å². The monoisotopic (exact) mass is 891 g/mol. The van der Waals surface area contributed by atoms with Gasteiger partial charge in [0.2, 0.25) is 0 Å². The predicted molar refractivity (Wildman–Crippen MR) is 261 cm³/mol. The fourth-order valence-corrected chi connectivity index (χ4v) is 7.85. The van der Waals surface area contributed by atoms with Crippen molar-refractivity contribution in [2.24, 2.45) is 0 Å². The molecule has 63 heavy (non-hydrogen) atoms. The molecule has 6 unspecified atom stereocenters. The van der Waals surface area contributed by atoms with E-state index in [9.17, 15) is 25.2 Å². The first-order valence-electron chi connectivity index (χ1n) is 26.2. The van der Waals surface area contributed by atoms with Gasteiger partial charge in [-0.25, -0.2) is 0 Å². The van der Waals surface area contributed by atoms with Crippen LogP contribution in [0, 0.1) is 0 Å². The minimum absolute atomic E-state index is 0.120. The first-order valence-corrected chi connectivity index (χ1v) is 26.2. The molecule has 1 aliphatic heterocycles. The molecule has 0 aromatic rings. The molecule has 0 amide bonds. The second-order valence-electron chi connectivity index (χ2n) is 18.0. The van der Waals surface area contributed by atoms with E-state index < -0.39 is 43.4 Å². The van der Waals surface area contributed by atoms with Crippen molar-refractivity contribution in [3.8, 4) is 0 Å². The Morgan fingerprint density at radius 3 is 1.38 bits per heavy atom. The van der Waals surface area contributed by atoms with Crippen molar-refractivity contribution in [3.63, 3.8) is 0 Å². The molecule has 0 aromatic heterocycles. The van der Waals surface area contributed by atoms with Crippen molar-refractivity contribution in [2.45, 2.75) is 263 Å². The second kappa shape index (κ2) is 45.3. The molecule has 0 radical (unpaired) electrons. The largest absolute Gasteiger partial charge is 0.457 e. The Labute approximate surface area is 386 Å². The van der Waals surface area contributed by atoms with Crippen LogP contribution in [0.2, 0.25) is 0 Å². The van der Waals surface area contributed by atoms with Gasteiger partial charge in [-0.2, -0.15) is 0 Å². The molecule has 9 heteroatoms. The summed E-state index contributed by atoms with van der Waals surface area (Å²) in [6.07, 6.45) is 50.0. The molecule has 9 nitrogen and oxygen atoms in total. The van der Waals surface area contributed by atoms with E-state index in [1.54, 1.807) is 0 Å². The van der Waals surface area contributed by atoms with Crippen LogP contribution in [0.15, 0.2) is 48.6 Å². The normalized spacial score (nSPS) is 20.0. The third-order valence-electron chi connectivity index (χ3n) is 12.0. The average Bonchev–Trinajstić information content (AvgIpc) is 3.28.